The van der Waals surface area contributed by atoms with Crippen LogP contribution in [0.3, 0.4) is 0 Å². The summed E-state index contributed by atoms with van der Waals surface area (Å²) in [6.07, 6.45) is 8.73. The molecular weight excluding hydrogens is 422 g/mol. The van der Waals surface area contributed by atoms with Gasteiger partial charge in [0.2, 0.25) is 5.91 Å². The van der Waals surface area contributed by atoms with Crippen molar-refractivity contribution in [2.75, 3.05) is 0 Å². The molecule has 0 aromatic carbocycles. The highest BCUT2D eigenvalue weighted by atomic mass is 32.1. The van der Waals surface area contributed by atoms with Crippen molar-refractivity contribution < 1.29 is 14.0 Å². The summed E-state index contributed by atoms with van der Waals surface area (Å²) in [6, 6.07) is 7.97. The first kappa shape index (κ1) is 21.3. The zero-order chi connectivity index (χ0) is 22.3. The van der Waals surface area contributed by atoms with Crippen LogP contribution < -0.4 is 5.32 Å². The van der Waals surface area contributed by atoms with Crippen molar-refractivity contribution in [2.24, 2.45) is 0 Å². The molecule has 1 aliphatic heterocycles. The highest BCUT2D eigenvalue weighted by Gasteiger charge is 2.49. The summed E-state index contributed by atoms with van der Waals surface area (Å²) in [7, 11) is 0. The van der Waals surface area contributed by atoms with Gasteiger partial charge in [-0.15, -0.1) is 11.3 Å². The predicted octanol–water partition coefficient (Wildman–Crippen LogP) is 4.98. The van der Waals surface area contributed by atoms with Crippen LogP contribution in [0.4, 0.5) is 0 Å². The normalized spacial score (nSPS) is 22.8. The number of aryl methyl sites for hydroxylation is 1. The van der Waals surface area contributed by atoms with E-state index in [1.165, 1.54) is 6.42 Å². The molecule has 170 valence electrons. The summed E-state index contributed by atoms with van der Waals surface area (Å²) < 4.78 is 8.64. The van der Waals surface area contributed by atoms with Crippen molar-refractivity contribution in [1.29, 1.82) is 0 Å². The maximum atomic E-state index is 13.8. The standard InChI is InChI=1S/C25H31N3O3S/c1-17(10-11-19-9-6-13-31-19)28-23(29)21-15-22-20(12-14-32-22)27(21)16-25(28,2)24(30)26-18-7-4-3-5-8-18/h6,9,12-15,17-18H,3-5,7-8,10-11,16H2,1-2H3,(H,26,30). The Bertz CT molecular complexity index is 1110. The number of hydrogen-bond acceptors (Lipinski definition) is 4. The summed E-state index contributed by atoms with van der Waals surface area (Å²) >= 11 is 1.63. The first-order valence-electron chi connectivity index (χ1n) is 11.7. The van der Waals surface area contributed by atoms with E-state index in [2.05, 4.69) is 5.32 Å². The number of amides is 2. The molecule has 0 saturated heterocycles. The minimum absolute atomic E-state index is 0.0367. The third-order valence-electron chi connectivity index (χ3n) is 7.22. The predicted molar refractivity (Wildman–Crippen MR) is 126 cm³/mol. The van der Waals surface area contributed by atoms with Gasteiger partial charge in [0.05, 0.1) is 23.0 Å². The first-order chi connectivity index (χ1) is 15.5. The molecule has 2 atom stereocenters. The summed E-state index contributed by atoms with van der Waals surface area (Å²) in [5.74, 6) is 0.803. The van der Waals surface area contributed by atoms with Crippen LogP contribution in [0.25, 0.3) is 10.2 Å². The highest BCUT2D eigenvalue weighted by molar-refractivity contribution is 7.17. The number of rotatable bonds is 6. The molecule has 2 unspecified atom stereocenters. The van der Waals surface area contributed by atoms with Gasteiger partial charge >= 0.3 is 0 Å². The van der Waals surface area contributed by atoms with Crippen molar-refractivity contribution in [3.8, 4) is 0 Å². The fourth-order valence-corrected chi connectivity index (χ4v) is 6.27. The van der Waals surface area contributed by atoms with Crippen LogP contribution in [-0.4, -0.2) is 38.9 Å². The van der Waals surface area contributed by atoms with Crippen molar-refractivity contribution in [1.82, 2.24) is 14.8 Å². The van der Waals surface area contributed by atoms with Crippen LogP contribution in [-0.2, 0) is 17.8 Å². The Morgan fingerprint density at radius 2 is 2.12 bits per heavy atom. The highest BCUT2D eigenvalue weighted by Crippen LogP contribution is 2.36. The van der Waals surface area contributed by atoms with Crippen LogP contribution in [0.5, 0.6) is 0 Å². The molecule has 32 heavy (non-hydrogen) atoms. The van der Waals surface area contributed by atoms with Gasteiger partial charge < -0.3 is 19.2 Å². The Kier molecular flexibility index (Phi) is 5.61. The van der Waals surface area contributed by atoms with E-state index in [0.29, 0.717) is 12.2 Å². The minimum atomic E-state index is -0.946. The average molecular weight is 454 g/mol. The third kappa shape index (κ3) is 3.66. The van der Waals surface area contributed by atoms with Crippen LogP contribution in [0.1, 0.15) is 68.6 Å². The van der Waals surface area contributed by atoms with E-state index in [9.17, 15) is 9.59 Å². The van der Waals surface area contributed by atoms with Gasteiger partial charge in [-0.2, -0.15) is 0 Å². The fraction of sp³-hybridized carbons (Fsp3) is 0.520. The maximum Gasteiger partial charge on any atom is 0.271 e. The van der Waals surface area contributed by atoms with Crippen molar-refractivity contribution in [3.05, 3.63) is 47.4 Å². The lowest BCUT2D eigenvalue weighted by Gasteiger charge is -2.47. The molecule has 4 heterocycles. The van der Waals surface area contributed by atoms with Gasteiger partial charge in [-0.05, 0) is 62.8 Å². The lowest BCUT2D eigenvalue weighted by atomic mass is 9.89. The maximum absolute atomic E-state index is 13.8. The number of furan rings is 1. The number of aromatic nitrogens is 1. The Hall–Kier alpha value is -2.54. The van der Waals surface area contributed by atoms with E-state index in [1.54, 1.807) is 17.6 Å². The molecule has 2 amide bonds. The van der Waals surface area contributed by atoms with Gasteiger partial charge in [-0.25, -0.2) is 0 Å². The molecule has 5 rings (SSSR count). The SMILES string of the molecule is CC(CCc1ccco1)N1C(=O)c2cc3sccc3n2CC1(C)C(=O)NC1CCCCC1. The molecule has 6 nitrogen and oxygen atoms in total. The van der Waals surface area contributed by atoms with E-state index < -0.39 is 5.54 Å². The van der Waals surface area contributed by atoms with Crippen molar-refractivity contribution in [3.63, 3.8) is 0 Å². The molecule has 1 saturated carbocycles. The van der Waals surface area contributed by atoms with Crippen molar-refractivity contribution in [2.45, 2.75) is 83.0 Å². The number of hydrogen-bond donors (Lipinski definition) is 1. The zero-order valence-corrected chi connectivity index (χ0v) is 19.6. The lowest BCUT2D eigenvalue weighted by Crippen LogP contribution is -2.67. The number of carbonyl (C=O) groups excluding carboxylic acids is 2. The third-order valence-corrected chi connectivity index (χ3v) is 8.07. The van der Waals surface area contributed by atoms with Crippen LogP contribution in [0.15, 0.2) is 40.3 Å². The summed E-state index contributed by atoms with van der Waals surface area (Å²) in [5, 5.41) is 5.35. The lowest BCUT2D eigenvalue weighted by molar-refractivity contribution is -0.135. The number of carbonyl (C=O) groups is 2. The fourth-order valence-electron chi connectivity index (χ4n) is 5.45. The summed E-state index contributed by atoms with van der Waals surface area (Å²) in [4.78, 5) is 29.4. The largest absolute Gasteiger partial charge is 0.469 e. The first-order valence-corrected chi connectivity index (χ1v) is 12.6. The number of thiophene rings is 1. The Labute approximate surface area is 192 Å². The van der Waals surface area contributed by atoms with Gasteiger partial charge in [0.25, 0.3) is 5.91 Å². The van der Waals surface area contributed by atoms with Crippen LogP contribution in [0.2, 0.25) is 0 Å². The molecule has 1 fully saturated rings. The monoisotopic (exact) mass is 453 g/mol. The van der Waals surface area contributed by atoms with E-state index in [-0.39, 0.29) is 23.9 Å². The minimum Gasteiger partial charge on any atom is -0.469 e. The molecule has 0 spiro atoms. The van der Waals surface area contributed by atoms with Crippen LogP contribution >= 0.6 is 11.3 Å². The van der Waals surface area contributed by atoms with E-state index in [4.69, 9.17) is 4.42 Å². The summed E-state index contributed by atoms with van der Waals surface area (Å²) in [6.45, 7) is 4.46. The average Bonchev–Trinajstić information content (AvgIpc) is 3.52. The van der Waals surface area contributed by atoms with Gasteiger partial charge in [0, 0.05) is 18.5 Å². The second-order valence-electron chi connectivity index (χ2n) is 9.51. The van der Waals surface area contributed by atoms with E-state index in [0.717, 1.165) is 54.5 Å². The topological polar surface area (TPSA) is 67.5 Å². The Morgan fingerprint density at radius 1 is 1.31 bits per heavy atom. The van der Waals surface area contributed by atoms with Gasteiger partial charge in [0.15, 0.2) is 0 Å². The molecule has 1 aliphatic carbocycles. The molecule has 1 N–H and O–H groups in total. The quantitative estimate of drug-likeness (QED) is 0.572. The number of nitrogens with one attached hydrogen (secondary N) is 1. The number of nitrogens with zero attached hydrogens (tertiary/aromatic N) is 2. The molecule has 2 aliphatic rings. The van der Waals surface area contributed by atoms with Gasteiger partial charge in [0.1, 0.15) is 17.0 Å². The molecule has 3 aromatic rings. The number of fused-ring (bicyclic) bond motifs is 3. The molecular formula is C25H31N3O3S. The van der Waals surface area contributed by atoms with Gasteiger partial charge in [-0.3, -0.25) is 9.59 Å². The van der Waals surface area contributed by atoms with Gasteiger partial charge in [-0.1, -0.05) is 19.3 Å². The smallest absolute Gasteiger partial charge is 0.271 e. The zero-order valence-electron chi connectivity index (χ0n) is 18.8. The molecule has 0 radical (unpaired) electrons. The second kappa shape index (κ2) is 8.43. The Morgan fingerprint density at radius 3 is 2.88 bits per heavy atom. The van der Waals surface area contributed by atoms with Crippen molar-refractivity contribution >= 4 is 33.4 Å². The second-order valence-corrected chi connectivity index (χ2v) is 10.5. The van der Waals surface area contributed by atoms with E-state index >= 15 is 0 Å². The Balaban J connectivity index is 1.47. The summed E-state index contributed by atoms with van der Waals surface area (Å²) in [5.41, 5.74) is 0.774. The van der Waals surface area contributed by atoms with Crippen LogP contribution in [0, 0.1) is 0 Å². The van der Waals surface area contributed by atoms with E-state index in [1.807, 2.05) is 53.0 Å². The molecule has 3 aromatic heterocycles. The molecule has 7 heteroatoms. The molecule has 0 bridgehead atoms.